The number of hydrogen-bond acceptors (Lipinski definition) is 4. The smallest absolute Gasteiger partial charge is 0.175 e. The van der Waals surface area contributed by atoms with Crippen LogP contribution in [0.25, 0.3) is 0 Å². The molecular formula is C17H21NO2S2. The van der Waals surface area contributed by atoms with E-state index in [4.69, 9.17) is 0 Å². The number of aryl methyl sites for hydroxylation is 1. The van der Waals surface area contributed by atoms with Crippen LogP contribution in [0.1, 0.15) is 28.2 Å². The van der Waals surface area contributed by atoms with E-state index in [1.54, 1.807) is 12.1 Å². The van der Waals surface area contributed by atoms with Crippen LogP contribution in [0.5, 0.6) is 0 Å². The second kappa shape index (κ2) is 6.14. The second-order valence-electron chi connectivity index (χ2n) is 6.06. The molecular weight excluding hydrogens is 314 g/mol. The van der Waals surface area contributed by atoms with Crippen LogP contribution >= 0.6 is 11.3 Å². The van der Waals surface area contributed by atoms with Crippen molar-refractivity contribution in [2.75, 3.05) is 6.26 Å². The predicted molar refractivity (Wildman–Crippen MR) is 90.9 cm³/mol. The Hall–Kier alpha value is -1.17. The molecule has 3 rings (SSSR count). The Morgan fingerprint density at radius 1 is 1.09 bits per heavy atom. The maximum atomic E-state index is 11.5. The topological polar surface area (TPSA) is 37.4 Å². The minimum absolute atomic E-state index is 0.392. The molecule has 118 valence electrons. The van der Waals surface area contributed by atoms with Gasteiger partial charge in [-0.2, -0.15) is 0 Å². The van der Waals surface area contributed by atoms with Crippen molar-refractivity contribution >= 4 is 21.2 Å². The van der Waals surface area contributed by atoms with E-state index in [9.17, 15) is 8.42 Å². The average molecular weight is 335 g/mol. The summed E-state index contributed by atoms with van der Waals surface area (Å²) in [6, 6.07) is 12.4. The van der Waals surface area contributed by atoms with E-state index in [1.165, 1.54) is 34.4 Å². The summed E-state index contributed by atoms with van der Waals surface area (Å²) in [5.41, 5.74) is 1.17. The maximum absolute atomic E-state index is 11.5. The average Bonchev–Trinajstić information content (AvgIpc) is 3.22. The molecule has 1 aromatic carbocycles. The molecule has 2 aromatic rings. The third-order valence-corrected chi connectivity index (χ3v) is 6.07. The Morgan fingerprint density at radius 2 is 1.77 bits per heavy atom. The Balaban J connectivity index is 1.71. The Kier molecular flexibility index (Phi) is 4.39. The molecule has 1 heterocycles. The molecule has 1 aliphatic carbocycles. The van der Waals surface area contributed by atoms with E-state index >= 15 is 0 Å². The van der Waals surface area contributed by atoms with Crippen molar-refractivity contribution in [2.24, 2.45) is 0 Å². The van der Waals surface area contributed by atoms with Crippen LogP contribution in [0.3, 0.4) is 0 Å². The quantitative estimate of drug-likeness (QED) is 0.809. The van der Waals surface area contributed by atoms with Gasteiger partial charge in [0.05, 0.1) is 4.90 Å². The number of rotatable bonds is 6. The van der Waals surface area contributed by atoms with Gasteiger partial charge < -0.3 is 0 Å². The lowest BCUT2D eigenvalue weighted by Gasteiger charge is -2.21. The number of benzene rings is 1. The molecule has 0 N–H and O–H groups in total. The number of sulfone groups is 1. The first-order valence-electron chi connectivity index (χ1n) is 7.50. The summed E-state index contributed by atoms with van der Waals surface area (Å²) >= 11 is 1.86. The number of nitrogens with zero attached hydrogens (tertiary/aromatic N) is 1. The van der Waals surface area contributed by atoms with Crippen molar-refractivity contribution in [1.82, 2.24) is 4.90 Å². The Labute approximate surface area is 136 Å². The van der Waals surface area contributed by atoms with Gasteiger partial charge in [-0.05, 0) is 49.6 Å². The third-order valence-electron chi connectivity index (χ3n) is 3.96. The van der Waals surface area contributed by atoms with Crippen LogP contribution in [0.15, 0.2) is 41.3 Å². The maximum Gasteiger partial charge on any atom is 0.175 e. The molecule has 0 spiro atoms. The van der Waals surface area contributed by atoms with Crippen LogP contribution in [0, 0.1) is 6.92 Å². The van der Waals surface area contributed by atoms with Crippen molar-refractivity contribution in [1.29, 1.82) is 0 Å². The zero-order chi connectivity index (χ0) is 15.7. The summed E-state index contributed by atoms with van der Waals surface area (Å²) in [6.07, 6.45) is 3.79. The molecule has 1 fully saturated rings. The van der Waals surface area contributed by atoms with Gasteiger partial charge in [0.2, 0.25) is 0 Å². The second-order valence-corrected chi connectivity index (χ2v) is 9.45. The zero-order valence-corrected chi connectivity index (χ0v) is 14.6. The lowest BCUT2D eigenvalue weighted by atomic mass is 10.2. The van der Waals surface area contributed by atoms with Gasteiger partial charge in [-0.1, -0.05) is 12.1 Å². The lowest BCUT2D eigenvalue weighted by molar-refractivity contribution is 0.248. The lowest BCUT2D eigenvalue weighted by Crippen LogP contribution is -2.24. The first-order chi connectivity index (χ1) is 10.4. The van der Waals surface area contributed by atoms with Crippen LogP contribution in [-0.4, -0.2) is 25.6 Å². The fourth-order valence-corrected chi connectivity index (χ4v) is 4.15. The first-order valence-corrected chi connectivity index (χ1v) is 10.2. The Bertz CT molecular complexity index is 743. The van der Waals surface area contributed by atoms with Gasteiger partial charge in [0.25, 0.3) is 0 Å². The van der Waals surface area contributed by atoms with E-state index in [2.05, 4.69) is 24.0 Å². The molecule has 0 aliphatic heterocycles. The highest BCUT2D eigenvalue weighted by atomic mass is 32.2. The van der Waals surface area contributed by atoms with Gasteiger partial charge in [-0.3, -0.25) is 4.90 Å². The predicted octanol–water partition coefficient (Wildman–Crippen LogP) is 3.62. The summed E-state index contributed by atoms with van der Waals surface area (Å²) in [6.45, 7) is 4.00. The molecule has 5 heteroatoms. The van der Waals surface area contributed by atoms with Crippen LogP contribution in [0.2, 0.25) is 0 Å². The minimum atomic E-state index is -3.11. The molecule has 0 unspecified atom stereocenters. The number of hydrogen-bond donors (Lipinski definition) is 0. The molecule has 1 aromatic heterocycles. The van der Waals surface area contributed by atoms with Gasteiger partial charge in [0, 0.05) is 35.1 Å². The molecule has 1 aliphatic rings. The van der Waals surface area contributed by atoms with Crippen molar-refractivity contribution < 1.29 is 8.42 Å². The van der Waals surface area contributed by atoms with E-state index in [0.717, 1.165) is 13.1 Å². The van der Waals surface area contributed by atoms with E-state index in [0.29, 0.717) is 10.9 Å². The number of thiophene rings is 1. The molecule has 0 atom stereocenters. The molecule has 0 bridgehead atoms. The van der Waals surface area contributed by atoms with Gasteiger partial charge in [-0.15, -0.1) is 11.3 Å². The fourth-order valence-electron chi connectivity index (χ4n) is 2.60. The molecule has 0 radical (unpaired) electrons. The van der Waals surface area contributed by atoms with Crippen LogP contribution < -0.4 is 0 Å². The van der Waals surface area contributed by atoms with Gasteiger partial charge in [-0.25, -0.2) is 8.42 Å². The summed E-state index contributed by atoms with van der Waals surface area (Å²) in [5, 5.41) is 0. The van der Waals surface area contributed by atoms with Crippen molar-refractivity contribution in [2.45, 2.75) is 43.8 Å². The van der Waals surface area contributed by atoms with Crippen molar-refractivity contribution in [3.63, 3.8) is 0 Å². The van der Waals surface area contributed by atoms with Crippen LogP contribution in [0.4, 0.5) is 0 Å². The first kappa shape index (κ1) is 15.7. The standard InChI is InChI=1S/C17H21NO2S2/c1-13-3-8-16(21-13)12-18(15-6-7-15)11-14-4-9-17(10-5-14)22(2,19)20/h3-5,8-10,15H,6-7,11-12H2,1-2H3. The molecule has 1 saturated carbocycles. The normalized spacial score (nSPS) is 15.4. The SMILES string of the molecule is Cc1ccc(CN(Cc2ccc(S(C)(=O)=O)cc2)C2CC2)s1. The third kappa shape index (κ3) is 3.97. The molecule has 3 nitrogen and oxygen atoms in total. The largest absolute Gasteiger partial charge is 0.291 e. The van der Waals surface area contributed by atoms with Crippen molar-refractivity contribution in [3.05, 3.63) is 51.7 Å². The monoisotopic (exact) mass is 335 g/mol. The highest BCUT2D eigenvalue weighted by molar-refractivity contribution is 7.90. The molecule has 0 amide bonds. The summed E-state index contributed by atoms with van der Waals surface area (Å²) < 4.78 is 23.0. The van der Waals surface area contributed by atoms with E-state index < -0.39 is 9.84 Å². The fraction of sp³-hybridized carbons (Fsp3) is 0.412. The molecule has 0 saturated heterocycles. The minimum Gasteiger partial charge on any atom is -0.291 e. The molecule has 22 heavy (non-hydrogen) atoms. The van der Waals surface area contributed by atoms with E-state index in [1.807, 2.05) is 23.5 Å². The van der Waals surface area contributed by atoms with Gasteiger partial charge >= 0.3 is 0 Å². The van der Waals surface area contributed by atoms with Gasteiger partial charge in [0.1, 0.15) is 0 Å². The van der Waals surface area contributed by atoms with Gasteiger partial charge in [0.15, 0.2) is 9.84 Å². The van der Waals surface area contributed by atoms with E-state index in [-0.39, 0.29) is 0 Å². The van der Waals surface area contributed by atoms with Crippen LogP contribution in [-0.2, 0) is 22.9 Å². The highest BCUT2D eigenvalue weighted by Gasteiger charge is 2.29. The summed E-state index contributed by atoms with van der Waals surface area (Å²) in [4.78, 5) is 5.64. The zero-order valence-electron chi connectivity index (χ0n) is 13.0. The van der Waals surface area contributed by atoms with Crippen molar-refractivity contribution in [3.8, 4) is 0 Å². The summed E-state index contributed by atoms with van der Waals surface area (Å²) in [7, 11) is -3.11. The summed E-state index contributed by atoms with van der Waals surface area (Å²) in [5.74, 6) is 0. The highest BCUT2D eigenvalue weighted by Crippen LogP contribution is 2.31. The Morgan fingerprint density at radius 3 is 2.27 bits per heavy atom.